The van der Waals surface area contributed by atoms with Gasteiger partial charge in [0.2, 0.25) is 5.89 Å². The number of carbonyl (C=O) groups is 1. The molecule has 0 spiro atoms. The Morgan fingerprint density at radius 3 is 2.58 bits per heavy atom. The number of hydrogen-bond donors (Lipinski definition) is 0. The molecule has 0 unspecified atom stereocenters. The summed E-state index contributed by atoms with van der Waals surface area (Å²) in [5.41, 5.74) is 1.31. The van der Waals surface area contributed by atoms with Crippen LogP contribution in [0.5, 0.6) is 0 Å². The van der Waals surface area contributed by atoms with Gasteiger partial charge in [-0.05, 0) is 41.1 Å². The number of aromatic nitrogens is 2. The molecule has 6 heteroatoms. The Hall–Kier alpha value is -2.99. The summed E-state index contributed by atoms with van der Waals surface area (Å²) < 4.78 is 18.6. The highest BCUT2D eigenvalue weighted by molar-refractivity contribution is 7.99. The van der Waals surface area contributed by atoms with Gasteiger partial charge in [-0.25, -0.2) is 4.39 Å². The second-order valence-corrected chi connectivity index (χ2v) is 6.55. The van der Waals surface area contributed by atoms with E-state index in [1.807, 2.05) is 42.5 Å². The second-order valence-electron chi connectivity index (χ2n) is 5.62. The van der Waals surface area contributed by atoms with Crippen molar-refractivity contribution in [2.24, 2.45) is 0 Å². The van der Waals surface area contributed by atoms with Gasteiger partial charge < -0.3 is 4.42 Å². The minimum atomic E-state index is -0.370. The Kier molecular flexibility index (Phi) is 4.50. The number of carbonyl (C=O) groups excluding carboxylic acids is 1. The predicted molar refractivity (Wildman–Crippen MR) is 98.7 cm³/mol. The van der Waals surface area contributed by atoms with Crippen molar-refractivity contribution in [3.8, 4) is 11.5 Å². The minimum Gasteiger partial charge on any atom is -0.411 e. The number of halogens is 1. The molecular weight excluding hydrogens is 351 g/mol. The fourth-order valence-corrected chi connectivity index (χ4v) is 3.29. The average Bonchev–Trinajstić information content (AvgIpc) is 3.15. The third kappa shape index (κ3) is 3.36. The quantitative estimate of drug-likeness (QED) is 0.368. The summed E-state index contributed by atoms with van der Waals surface area (Å²) >= 11 is 1.16. The summed E-state index contributed by atoms with van der Waals surface area (Å²) in [5, 5.41) is 10.5. The van der Waals surface area contributed by atoms with E-state index in [-0.39, 0.29) is 17.4 Å². The van der Waals surface area contributed by atoms with Crippen LogP contribution in [0.25, 0.3) is 22.2 Å². The number of thioether (sulfide) groups is 1. The van der Waals surface area contributed by atoms with Crippen molar-refractivity contribution in [2.75, 3.05) is 5.75 Å². The molecule has 1 heterocycles. The number of benzene rings is 3. The lowest BCUT2D eigenvalue weighted by Gasteiger charge is -2.01. The van der Waals surface area contributed by atoms with Crippen molar-refractivity contribution < 1.29 is 13.6 Å². The van der Waals surface area contributed by atoms with Crippen LogP contribution >= 0.6 is 11.8 Å². The summed E-state index contributed by atoms with van der Waals surface area (Å²) in [6.45, 7) is 0. The predicted octanol–water partition coefficient (Wildman–Crippen LogP) is 5.00. The molecule has 4 nitrogen and oxygen atoms in total. The summed E-state index contributed by atoms with van der Waals surface area (Å²) in [6, 6.07) is 19.3. The molecule has 0 N–H and O–H groups in total. The number of ketones is 1. The first kappa shape index (κ1) is 16.5. The van der Waals surface area contributed by atoms with Gasteiger partial charge in [-0.15, -0.1) is 10.2 Å². The molecule has 26 heavy (non-hydrogen) atoms. The fourth-order valence-electron chi connectivity index (χ4n) is 2.64. The maximum absolute atomic E-state index is 12.9. The maximum atomic E-state index is 12.9. The molecule has 128 valence electrons. The zero-order valence-corrected chi connectivity index (χ0v) is 14.4. The van der Waals surface area contributed by atoms with Crippen LogP contribution in [0.1, 0.15) is 10.4 Å². The normalized spacial score (nSPS) is 11.0. The van der Waals surface area contributed by atoms with Gasteiger partial charge in [-0.1, -0.05) is 48.2 Å². The molecule has 0 saturated heterocycles. The molecule has 0 aliphatic rings. The minimum absolute atomic E-state index is 0.125. The standard InChI is InChI=1S/C20H13FN2O2S/c21-15-10-8-14(9-11-15)18(24)12-26-20-23-22-19(25-20)17-7-3-5-13-4-1-2-6-16(13)17/h1-11H,12H2. The number of fused-ring (bicyclic) bond motifs is 1. The zero-order chi connectivity index (χ0) is 17.9. The number of hydrogen-bond acceptors (Lipinski definition) is 5. The van der Waals surface area contributed by atoms with Crippen molar-refractivity contribution in [3.05, 3.63) is 78.1 Å². The second kappa shape index (κ2) is 7.09. The number of Topliss-reactive ketones (excluding diaryl/α,β-unsaturated/α-hetero) is 1. The lowest BCUT2D eigenvalue weighted by Crippen LogP contribution is -2.02. The van der Waals surface area contributed by atoms with E-state index in [9.17, 15) is 9.18 Å². The van der Waals surface area contributed by atoms with Crippen molar-refractivity contribution in [1.82, 2.24) is 10.2 Å². The van der Waals surface area contributed by atoms with E-state index in [1.54, 1.807) is 0 Å². The van der Waals surface area contributed by atoms with Crippen molar-refractivity contribution in [3.63, 3.8) is 0 Å². The lowest BCUT2D eigenvalue weighted by atomic mass is 10.0. The molecule has 1 aromatic heterocycles. The van der Waals surface area contributed by atoms with Gasteiger partial charge in [0.1, 0.15) is 5.82 Å². The Balaban J connectivity index is 1.51. The van der Waals surface area contributed by atoms with E-state index < -0.39 is 0 Å². The van der Waals surface area contributed by atoms with Gasteiger partial charge in [0, 0.05) is 11.1 Å². The van der Waals surface area contributed by atoms with Crippen LogP contribution in [0.3, 0.4) is 0 Å². The van der Waals surface area contributed by atoms with Crippen LogP contribution in [0.4, 0.5) is 4.39 Å². The SMILES string of the molecule is O=C(CSc1nnc(-c2cccc3ccccc23)o1)c1ccc(F)cc1. The first-order chi connectivity index (χ1) is 12.7. The van der Waals surface area contributed by atoms with Crippen molar-refractivity contribution in [1.29, 1.82) is 0 Å². The van der Waals surface area contributed by atoms with E-state index in [2.05, 4.69) is 10.2 Å². The molecule has 0 saturated carbocycles. The molecule has 4 rings (SSSR count). The van der Waals surface area contributed by atoms with Gasteiger partial charge in [0.15, 0.2) is 5.78 Å². The summed E-state index contributed by atoms with van der Waals surface area (Å²) in [4.78, 5) is 12.1. The van der Waals surface area contributed by atoms with Gasteiger partial charge >= 0.3 is 0 Å². The zero-order valence-electron chi connectivity index (χ0n) is 13.6. The Bertz CT molecular complexity index is 1070. The van der Waals surface area contributed by atoms with Gasteiger partial charge in [-0.3, -0.25) is 4.79 Å². The molecule has 3 aromatic carbocycles. The maximum Gasteiger partial charge on any atom is 0.277 e. The first-order valence-corrected chi connectivity index (χ1v) is 8.92. The molecule has 0 aliphatic heterocycles. The van der Waals surface area contributed by atoms with Crippen LogP contribution in [0.15, 0.2) is 76.4 Å². The summed E-state index contributed by atoms with van der Waals surface area (Å²) in [5.74, 6) is 0.0623. The van der Waals surface area contributed by atoms with E-state index >= 15 is 0 Å². The smallest absolute Gasteiger partial charge is 0.277 e. The van der Waals surface area contributed by atoms with Crippen molar-refractivity contribution >= 4 is 28.3 Å². The lowest BCUT2D eigenvalue weighted by molar-refractivity contribution is 0.102. The molecule has 0 bridgehead atoms. The summed E-state index contributed by atoms with van der Waals surface area (Å²) in [7, 11) is 0. The highest BCUT2D eigenvalue weighted by atomic mass is 32.2. The van der Waals surface area contributed by atoms with E-state index in [0.717, 1.165) is 28.1 Å². The van der Waals surface area contributed by atoms with Crippen LogP contribution in [0.2, 0.25) is 0 Å². The highest BCUT2D eigenvalue weighted by Gasteiger charge is 2.14. The molecule has 0 aliphatic carbocycles. The van der Waals surface area contributed by atoms with Gasteiger partial charge in [-0.2, -0.15) is 0 Å². The van der Waals surface area contributed by atoms with E-state index in [0.29, 0.717) is 16.7 Å². The number of nitrogens with zero attached hydrogens (tertiary/aromatic N) is 2. The molecule has 0 fully saturated rings. The van der Waals surface area contributed by atoms with E-state index in [1.165, 1.54) is 24.3 Å². The topological polar surface area (TPSA) is 56.0 Å². The Labute approximate surface area is 153 Å². The molecule has 0 atom stereocenters. The molecule has 0 radical (unpaired) electrons. The van der Waals surface area contributed by atoms with E-state index in [4.69, 9.17) is 4.42 Å². The van der Waals surface area contributed by atoms with Crippen LogP contribution in [-0.2, 0) is 0 Å². The van der Waals surface area contributed by atoms with Crippen molar-refractivity contribution in [2.45, 2.75) is 5.22 Å². The molecular formula is C20H13FN2O2S. The average molecular weight is 364 g/mol. The van der Waals surface area contributed by atoms with Crippen LogP contribution in [0, 0.1) is 5.82 Å². The van der Waals surface area contributed by atoms with Crippen LogP contribution < -0.4 is 0 Å². The number of rotatable bonds is 5. The molecule has 4 aromatic rings. The molecule has 0 amide bonds. The Morgan fingerprint density at radius 2 is 1.73 bits per heavy atom. The van der Waals surface area contributed by atoms with Gasteiger partial charge in [0.25, 0.3) is 5.22 Å². The van der Waals surface area contributed by atoms with Gasteiger partial charge in [0.05, 0.1) is 5.75 Å². The van der Waals surface area contributed by atoms with Crippen LogP contribution in [-0.4, -0.2) is 21.7 Å². The largest absolute Gasteiger partial charge is 0.411 e. The first-order valence-electron chi connectivity index (χ1n) is 7.94. The summed E-state index contributed by atoms with van der Waals surface area (Å²) in [6.07, 6.45) is 0. The highest BCUT2D eigenvalue weighted by Crippen LogP contribution is 2.29. The monoisotopic (exact) mass is 364 g/mol. The third-order valence-electron chi connectivity index (χ3n) is 3.92. The third-order valence-corrected chi connectivity index (χ3v) is 4.74. The fraction of sp³-hybridized carbons (Fsp3) is 0.0500. The Morgan fingerprint density at radius 1 is 0.962 bits per heavy atom.